The Morgan fingerprint density at radius 2 is 1.67 bits per heavy atom. The highest BCUT2D eigenvalue weighted by molar-refractivity contribution is 7.92. The van der Waals surface area contributed by atoms with Crippen LogP contribution in [0.2, 0.25) is 0 Å². The lowest BCUT2D eigenvalue weighted by molar-refractivity contribution is 0.102. The Bertz CT molecular complexity index is 951. The molecule has 1 fully saturated rings. The van der Waals surface area contributed by atoms with Crippen molar-refractivity contribution in [1.82, 2.24) is 0 Å². The van der Waals surface area contributed by atoms with E-state index in [0.29, 0.717) is 13.1 Å². The van der Waals surface area contributed by atoms with Crippen LogP contribution in [-0.4, -0.2) is 33.7 Å². The molecular weight excluding hydrogens is 376 g/mol. The first-order valence-corrected chi connectivity index (χ1v) is 10.3. The highest BCUT2D eigenvalue weighted by Gasteiger charge is 2.22. The van der Waals surface area contributed by atoms with Crippen LogP contribution >= 0.6 is 0 Å². The molecule has 0 unspecified atom stereocenters. The number of anilines is 3. The Morgan fingerprint density at radius 1 is 1.07 bits per heavy atom. The number of nitrogens with one attached hydrogen (secondary N) is 2. The summed E-state index contributed by atoms with van der Waals surface area (Å²) < 4.78 is 53.9. The second kappa shape index (κ2) is 7.51. The Balaban J connectivity index is 1.85. The van der Waals surface area contributed by atoms with Gasteiger partial charge >= 0.3 is 0 Å². The van der Waals surface area contributed by atoms with Gasteiger partial charge < -0.3 is 10.2 Å². The molecule has 27 heavy (non-hydrogen) atoms. The number of nitrogens with zero attached hydrogens (tertiary/aromatic N) is 1. The summed E-state index contributed by atoms with van der Waals surface area (Å²) in [5.74, 6) is -2.20. The Labute approximate surface area is 156 Å². The topological polar surface area (TPSA) is 78.5 Å². The first-order chi connectivity index (χ1) is 12.7. The average Bonchev–Trinajstić information content (AvgIpc) is 3.07. The first kappa shape index (κ1) is 19.1. The van der Waals surface area contributed by atoms with Gasteiger partial charge in [0.15, 0.2) is 11.6 Å². The van der Waals surface area contributed by atoms with Crippen molar-refractivity contribution < 1.29 is 22.0 Å². The average molecular weight is 395 g/mol. The zero-order chi connectivity index (χ0) is 19.6. The van der Waals surface area contributed by atoms with Crippen LogP contribution in [-0.2, 0) is 10.0 Å². The van der Waals surface area contributed by atoms with Gasteiger partial charge in [-0.2, -0.15) is 0 Å². The summed E-state index contributed by atoms with van der Waals surface area (Å²) in [6.07, 6.45) is 2.71. The third-order valence-corrected chi connectivity index (χ3v) is 4.75. The Kier molecular flexibility index (Phi) is 5.31. The van der Waals surface area contributed by atoms with Crippen LogP contribution in [0.1, 0.15) is 23.2 Å². The van der Waals surface area contributed by atoms with Crippen LogP contribution in [0.3, 0.4) is 0 Å². The van der Waals surface area contributed by atoms with Crippen LogP contribution in [0, 0.1) is 11.6 Å². The standard InChI is InChI=1S/C18H19F2N3O3S/c1-27(25,26)22-16-7-3-2-6-13(16)18(24)21-12-10-14(19)17(15(20)11-12)23-8-4-5-9-23/h2-3,6-7,10-11,22H,4-5,8-9H2,1H3,(H,21,24). The molecule has 1 aliphatic rings. The monoisotopic (exact) mass is 395 g/mol. The maximum absolute atomic E-state index is 14.4. The fourth-order valence-electron chi connectivity index (χ4n) is 3.05. The van der Waals surface area contributed by atoms with Crippen LogP contribution in [0.15, 0.2) is 36.4 Å². The Morgan fingerprint density at radius 3 is 2.26 bits per heavy atom. The number of carbonyl (C=O) groups excluding carboxylic acids is 1. The molecule has 0 radical (unpaired) electrons. The van der Waals surface area contributed by atoms with Crippen molar-refractivity contribution in [3.63, 3.8) is 0 Å². The van der Waals surface area contributed by atoms with E-state index in [-0.39, 0.29) is 22.6 Å². The molecule has 9 heteroatoms. The van der Waals surface area contributed by atoms with E-state index in [1.807, 2.05) is 0 Å². The molecule has 2 N–H and O–H groups in total. The van der Waals surface area contributed by atoms with Gasteiger partial charge in [-0.3, -0.25) is 9.52 Å². The molecule has 2 aromatic carbocycles. The Hall–Kier alpha value is -2.68. The number of halogens is 2. The zero-order valence-electron chi connectivity index (χ0n) is 14.6. The molecule has 6 nitrogen and oxygen atoms in total. The fourth-order valence-corrected chi connectivity index (χ4v) is 3.63. The van der Waals surface area contributed by atoms with Crippen molar-refractivity contribution in [2.24, 2.45) is 0 Å². The SMILES string of the molecule is CS(=O)(=O)Nc1ccccc1C(=O)Nc1cc(F)c(N2CCCC2)c(F)c1. The smallest absolute Gasteiger partial charge is 0.257 e. The third kappa shape index (κ3) is 4.54. The highest BCUT2D eigenvalue weighted by atomic mass is 32.2. The molecule has 3 rings (SSSR count). The lowest BCUT2D eigenvalue weighted by atomic mass is 10.1. The number of benzene rings is 2. The number of amides is 1. The molecule has 1 heterocycles. The van der Waals surface area contributed by atoms with Crippen LogP contribution in [0.5, 0.6) is 0 Å². The maximum Gasteiger partial charge on any atom is 0.257 e. The van der Waals surface area contributed by atoms with Crippen molar-refractivity contribution in [2.45, 2.75) is 12.8 Å². The van der Waals surface area contributed by atoms with E-state index in [9.17, 15) is 22.0 Å². The molecule has 1 aliphatic heterocycles. The van der Waals surface area contributed by atoms with E-state index < -0.39 is 27.6 Å². The van der Waals surface area contributed by atoms with Crippen LogP contribution < -0.4 is 14.9 Å². The summed E-state index contributed by atoms with van der Waals surface area (Å²) >= 11 is 0. The van der Waals surface area contributed by atoms with E-state index >= 15 is 0 Å². The van der Waals surface area contributed by atoms with Gasteiger partial charge in [0.05, 0.1) is 17.5 Å². The minimum atomic E-state index is -3.59. The summed E-state index contributed by atoms with van der Waals surface area (Å²) in [6, 6.07) is 8.07. The second-order valence-corrected chi connectivity index (χ2v) is 8.11. The predicted molar refractivity (Wildman–Crippen MR) is 101 cm³/mol. The lowest BCUT2D eigenvalue weighted by Crippen LogP contribution is -2.21. The summed E-state index contributed by atoms with van der Waals surface area (Å²) in [7, 11) is -3.59. The molecule has 0 saturated carbocycles. The summed E-state index contributed by atoms with van der Waals surface area (Å²) in [4.78, 5) is 14.1. The maximum atomic E-state index is 14.4. The van der Waals surface area contributed by atoms with E-state index in [0.717, 1.165) is 31.2 Å². The summed E-state index contributed by atoms with van der Waals surface area (Å²) in [5.41, 5.74) is -0.0313. The van der Waals surface area contributed by atoms with Crippen LogP contribution in [0.25, 0.3) is 0 Å². The van der Waals surface area contributed by atoms with Gasteiger partial charge in [0.25, 0.3) is 5.91 Å². The van der Waals surface area contributed by atoms with E-state index in [4.69, 9.17) is 0 Å². The summed E-state index contributed by atoms with van der Waals surface area (Å²) in [5, 5.41) is 2.41. The second-order valence-electron chi connectivity index (χ2n) is 6.36. The van der Waals surface area contributed by atoms with E-state index in [1.165, 1.54) is 12.1 Å². The number of para-hydroxylation sites is 1. The van der Waals surface area contributed by atoms with Gasteiger partial charge in [0.2, 0.25) is 10.0 Å². The predicted octanol–water partition coefficient (Wildman–Crippen LogP) is 3.19. The molecular formula is C18H19F2N3O3S. The molecule has 1 amide bonds. The largest absolute Gasteiger partial charge is 0.367 e. The summed E-state index contributed by atoms with van der Waals surface area (Å²) in [6.45, 7) is 1.17. The highest BCUT2D eigenvalue weighted by Crippen LogP contribution is 2.30. The molecule has 2 aromatic rings. The fraction of sp³-hybridized carbons (Fsp3) is 0.278. The number of hydrogen-bond donors (Lipinski definition) is 2. The molecule has 1 saturated heterocycles. The first-order valence-electron chi connectivity index (χ1n) is 8.37. The molecule has 0 atom stereocenters. The van der Waals surface area contributed by atoms with Crippen LogP contribution in [0.4, 0.5) is 25.8 Å². The molecule has 0 spiro atoms. The quantitative estimate of drug-likeness (QED) is 0.815. The third-order valence-electron chi connectivity index (χ3n) is 4.16. The molecule has 0 aromatic heterocycles. The number of sulfonamides is 1. The molecule has 0 bridgehead atoms. The van der Waals surface area contributed by atoms with E-state index in [1.54, 1.807) is 17.0 Å². The van der Waals surface area contributed by atoms with Crippen molar-refractivity contribution in [3.8, 4) is 0 Å². The molecule has 0 aliphatic carbocycles. The van der Waals surface area contributed by atoms with Gasteiger partial charge in [0.1, 0.15) is 5.69 Å². The van der Waals surface area contributed by atoms with Crippen molar-refractivity contribution >= 4 is 33.0 Å². The zero-order valence-corrected chi connectivity index (χ0v) is 15.4. The van der Waals surface area contributed by atoms with Gasteiger partial charge in [-0.1, -0.05) is 12.1 Å². The lowest BCUT2D eigenvalue weighted by Gasteiger charge is -2.20. The minimum Gasteiger partial charge on any atom is -0.367 e. The van der Waals surface area contributed by atoms with Crippen molar-refractivity contribution in [1.29, 1.82) is 0 Å². The van der Waals surface area contributed by atoms with Crippen molar-refractivity contribution in [2.75, 3.05) is 34.3 Å². The van der Waals surface area contributed by atoms with Crippen molar-refractivity contribution in [3.05, 3.63) is 53.6 Å². The van der Waals surface area contributed by atoms with Gasteiger partial charge in [-0.05, 0) is 37.1 Å². The van der Waals surface area contributed by atoms with Gasteiger partial charge in [-0.15, -0.1) is 0 Å². The normalized spacial score (nSPS) is 14.3. The number of rotatable bonds is 5. The number of hydrogen-bond acceptors (Lipinski definition) is 4. The number of carbonyl (C=O) groups is 1. The minimum absolute atomic E-state index is 0.0346. The van der Waals surface area contributed by atoms with Gasteiger partial charge in [0, 0.05) is 18.8 Å². The van der Waals surface area contributed by atoms with E-state index in [2.05, 4.69) is 10.0 Å². The molecule has 144 valence electrons. The van der Waals surface area contributed by atoms with Gasteiger partial charge in [-0.25, -0.2) is 17.2 Å².